The third-order valence-electron chi connectivity index (χ3n) is 4.06. The van der Waals surface area contributed by atoms with E-state index in [1.807, 2.05) is 29.6 Å². The van der Waals surface area contributed by atoms with E-state index in [1.165, 1.54) is 16.9 Å². The highest BCUT2D eigenvalue weighted by atomic mass is 32.1. The first-order valence-corrected chi connectivity index (χ1v) is 9.86. The standard InChI is InChI=1S/C20H21N3O4S/c1-13(2)14-3-5-15(6-4-14)19-22-17(27-23-19)11-26-18(24)7-9-21-20(25)16-8-10-28-12-16/h3-6,8,10,12-13H,7,9,11H2,1-2H3,(H,21,25). The highest BCUT2D eigenvalue weighted by Gasteiger charge is 2.12. The number of aromatic nitrogens is 2. The molecule has 0 spiro atoms. The van der Waals surface area contributed by atoms with Crippen LogP contribution < -0.4 is 5.32 Å². The number of carbonyl (C=O) groups is 2. The van der Waals surface area contributed by atoms with Gasteiger partial charge in [-0.1, -0.05) is 43.3 Å². The molecular formula is C20H21N3O4S. The number of ether oxygens (including phenoxy) is 1. The number of thiophene rings is 1. The fraction of sp³-hybridized carbons (Fsp3) is 0.300. The molecule has 0 atom stereocenters. The van der Waals surface area contributed by atoms with E-state index in [9.17, 15) is 9.59 Å². The van der Waals surface area contributed by atoms with Crippen LogP contribution in [-0.2, 0) is 16.1 Å². The van der Waals surface area contributed by atoms with Crippen LogP contribution in [0.1, 0.15) is 48.0 Å². The predicted octanol–water partition coefficient (Wildman–Crippen LogP) is 3.78. The molecule has 0 unspecified atom stereocenters. The fourth-order valence-corrected chi connectivity index (χ4v) is 3.07. The van der Waals surface area contributed by atoms with E-state index >= 15 is 0 Å². The number of hydrogen-bond donors (Lipinski definition) is 1. The second-order valence-electron chi connectivity index (χ2n) is 6.47. The van der Waals surface area contributed by atoms with E-state index in [4.69, 9.17) is 9.26 Å². The summed E-state index contributed by atoms with van der Waals surface area (Å²) in [5, 5.41) is 10.2. The number of nitrogens with zero attached hydrogens (tertiary/aromatic N) is 2. The Bertz CT molecular complexity index is 917. The minimum atomic E-state index is -0.452. The van der Waals surface area contributed by atoms with Crippen LogP contribution in [0.5, 0.6) is 0 Å². The van der Waals surface area contributed by atoms with Crippen molar-refractivity contribution in [2.75, 3.05) is 6.54 Å². The summed E-state index contributed by atoms with van der Waals surface area (Å²) in [6.45, 7) is 4.35. The Morgan fingerprint density at radius 1 is 1.21 bits per heavy atom. The lowest BCUT2D eigenvalue weighted by Gasteiger charge is -2.04. The van der Waals surface area contributed by atoms with E-state index in [1.54, 1.807) is 11.4 Å². The normalized spacial score (nSPS) is 10.8. The number of nitrogens with one attached hydrogen (secondary N) is 1. The van der Waals surface area contributed by atoms with Crippen LogP contribution in [0.15, 0.2) is 45.6 Å². The number of benzene rings is 1. The molecule has 0 saturated heterocycles. The molecule has 7 nitrogen and oxygen atoms in total. The van der Waals surface area contributed by atoms with Crippen molar-refractivity contribution >= 4 is 23.2 Å². The van der Waals surface area contributed by atoms with Crippen molar-refractivity contribution in [3.63, 3.8) is 0 Å². The summed E-state index contributed by atoms with van der Waals surface area (Å²) in [6, 6.07) is 9.65. The molecule has 0 bridgehead atoms. The largest absolute Gasteiger partial charge is 0.456 e. The Kier molecular flexibility index (Phi) is 6.54. The third kappa shape index (κ3) is 5.26. The summed E-state index contributed by atoms with van der Waals surface area (Å²) in [5.74, 6) is 0.457. The van der Waals surface area contributed by atoms with Gasteiger partial charge in [-0.25, -0.2) is 0 Å². The lowest BCUT2D eigenvalue weighted by molar-refractivity contribution is -0.145. The summed E-state index contributed by atoms with van der Waals surface area (Å²) >= 11 is 1.44. The van der Waals surface area contributed by atoms with Crippen LogP contribution >= 0.6 is 11.3 Å². The summed E-state index contributed by atoms with van der Waals surface area (Å²) in [4.78, 5) is 27.8. The summed E-state index contributed by atoms with van der Waals surface area (Å²) in [5.41, 5.74) is 2.65. The van der Waals surface area contributed by atoms with Crippen LogP contribution in [0.3, 0.4) is 0 Å². The summed E-state index contributed by atoms with van der Waals surface area (Å²) in [6.07, 6.45) is 0.0630. The first kappa shape index (κ1) is 19.8. The molecule has 28 heavy (non-hydrogen) atoms. The second kappa shape index (κ2) is 9.27. The van der Waals surface area contributed by atoms with Crippen molar-refractivity contribution in [3.8, 4) is 11.4 Å². The first-order chi connectivity index (χ1) is 13.5. The Morgan fingerprint density at radius 2 is 2.00 bits per heavy atom. The third-order valence-corrected chi connectivity index (χ3v) is 4.74. The quantitative estimate of drug-likeness (QED) is 0.579. The van der Waals surface area contributed by atoms with Crippen molar-refractivity contribution in [2.24, 2.45) is 0 Å². The predicted molar refractivity (Wildman–Crippen MR) is 105 cm³/mol. The van der Waals surface area contributed by atoms with E-state index in [0.717, 1.165) is 5.56 Å². The molecule has 3 rings (SSSR count). The highest BCUT2D eigenvalue weighted by molar-refractivity contribution is 7.08. The van der Waals surface area contributed by atoms with Gasteiger partial charge in [-0.3, -0.25) is 9.59 Å². The van der Waals surface area contributed by atoms with Crippen molar-refractivity contribution in [2.45, 2.75) is 32.8 Å². The Labute approximate surface area is 166 Å². The van der Waals surface area contributed by atoms with Crippen molar-refractivity contribution < 1.29 is 18.8 Å². The fourth-order valence-electron chi connectivity index (χ4n) is 2.44. The molecule has 0 aliphatic carbocycles. The molecule has 8 heteroatoms. The van der Waals surface area contributed by atoms with Crippen molar-refractivity contribution in [3.05, 3.63) is 58.1 Å². The van der Waals surface area contributed by atoms with Crippen LogP contribution in [0.4, 0.5) is 0 Å². The lowest BCUT2D eigenvalue weighted by Crippen LogP contribution is -2.26. The first-order valence-electron chi connectivity index (χ1n) is 8.92. The molecule has 0 radical (unpaired) electrons. The van der Waals surface area contributed by atoms with E-state index < -0.39 is 5.97 Å². The number of carbonyl (C=O) groups excluding carboxylic acids is 2. The van der Waals surface area contributed by atoms with Crippen LogP contribution in [-0.4, -0.2) is 28.6 Å². The SMILES string of the molecule is CC(C)c1ccc(-c2noc(COC(=O)CCNC(=O)c3ccsc3)n2)cc1. The average Bonchev–Trinajstić information content (AvgIpc) is 3.38. The van der Waals surface area contributed by atoms with Gasteiger partial charge in [0.15, 0.2) is 6.61 Å². The second-order valence-corrected chi connectivity index (χ2v) is 7.25. The monoisotopic (exact) mass is 399 g/mol. The van der Waals surface area contributed by atoms with E-state index in [2.05, 4.69) is 29.3 Å². The van der Waals surface area contributed by atoms with E-state index in [-0.39, 0.29) is 31.4 Å². The number of rotatable bonds is 8. The molecule has 1 N–H and O–H groups in total. The van der Waals surface area contributed by atoms with Gasteiger partial charge in [0.1, 0.15) is 0 Å². The Balaban J connectivity index is 1.43. The van der Waals surface area contributed by atoms with Gasteiger partial charge >= 0.3 is 5.97 Å². The zero-order chi connectivity index (χ0) is 19.9. The van der Waals surface area contributed by atoms with Crippen molar-refractivity contribution in [1.29, 1.82) is 0 Å². The molecule has 1 aromatic carbocycles. The van der Waals surface area contributed by atoms with Gasteiger partial charge in [0, 0.05) is 23.1 Å². The molecule has 2 aromatic heterocycles. The molecule has 2 heterocycles. The van der Waals surface area contributed by atoms with Gasteiger partial charge in [-0.05, 0) is 22.9 Å². The topological polar surface area (TPSA) is 94.3 Å². The summed E-state index contributed by atoms with van der Waals surface area (Å²) < 4.78 is 10.2. The highest BCUT2D eigenvalue weighted by Crippen LogP contribution is 2.20. The van der Waals surface area contributed by atoms with Crippen molar-refractivity contribution in [1.82, 2.24) is 15.5 Å². The maximum absolute atomic E-state index is 11.8. The summed E-state index contributed by atoms with van der Waals surface area (Å²) in [7, 11) is 0. The molecule has 0 saturated carbocycles. The smallest absolute Gasteiger partial charge is 0.308 e. The molecular weight excluding hydrogens is 378 g/mol. The lowest BCUT2D eigenvalue weighted by atomic mass is 10.0. The maximum atomic E-state index is 11.8. The zero-order valence-corrected chi connectivity index (χ0v) is 16.5. The van der Waals surface area contributed by atoms with Crippen LogP contribution in [0, 0.1) is 0 Å². The van der Waals surface area contributed by atoms with Gasteiger partial charge in [-0.15, -0.1) is 0 Å². The number of amides is 1. The minimum absolute atomic E-state index is 0.0630. The molecule has 3 aromatic rings. The molecule has 0 aliphatic heterocycles. The molecule has 146 valence electrons. The number of hydrogen-bond acceptors (Lipinski definition) is 7. The van der Waals surface area contributed by atoms with Gasteiger partial charge < -0.3 is 14.6 Å². The zero-order valence-electron chi connectivity index (χ0n) is 15.7. The van der Waals surface area contributed by atoms with Gasteiger partial charge in [0.25, 0.3) is 11.8 Å². The molecule has 0 fully saturated rings. The van der Waals surface area contributed by atoms with Crippen LogP contribution in [0.2, 0.25) is 0 Å². The molecule has 0 aliphatic rings. The number of esters is 1. The van der Waals surface area contributed by atoms with E-state index in [0.29, 0.717) is 17.3 Å². The Hall–Kier alpha value is -3.00. The van der Waals surface area contributed by atoms with Crippen LogP contribution in [0.25, 0.3) is 11.4 Å². The van der Waals surface area contributed by atoms with Gasteiger partial charge in [0.2, 0.25) is 5.82 Å². The van der Waals surface area contributed by atoms with Gasteiger partial charge in [-0.2, -0.15) is 16.3 Å². The Morgan fingerprint density at radius 3 is 2.68 bits per heavy atom. The maximum Gasteiger partial charge on any atom is 0.308 e. The average molecular weight is 399 g/mol. The molecule has 1 amide bonds. The van der Waals surface area contributed by atoms with Gasteiger partial charge in [0.05, 0.1) is 6.42 Å². The minimum Gasteiger partial charge on any atom is -0.456 e.